The standard InChI is InChI=1S/C16H13F3N2O2/c17-16(18,19)11-23-14-6-2-1-5-13(14)21-15(22)8-7-12-4-3-9-20-10-12/h1-10H,11H2,(H,21,22)/b8-7+. The third-order valence-electron chi connectivity index (χ3n) is 2.65. The molecule has 0 saturated carbocycles. The average Bonchev–Trinajstić information content (AvgIpc) is 2.52. The zero-order valence-electron chi connectivity index (χ0n) is 11.9. The van der Waals surface area contributed by atoms with Gasteiger partial charge in [-0.15, -0.1) is 0 Å². The number of pyridine rings is 1. The molecule has 1 N–H and O–H groups in total. The van der Waals surface area contributed by atoms with Crippen molar-refractivity contribution >= 4 is 17.7 Å². The van der Waals surface area contributed by atoms with Crippen molar-refractivity contribution < 1.29 is 22.7 Å². The van der Waals surface area contributed by atoms with Crippen LogP contribution in [0.2, 0.25) is 0 Å². The number of amides is 1. The van der Waals surface area contributed by atoms with Crippen LogP contribution >= 0.6 is 0 Å². The molecule has 4 nitrogen and oxygen atoms in total. The molecule has 2 aromatic rings. The van der Waals surface area contributed by atoms with Crippen molar-refractivity contribution in [3.8, 4) is 5.75 Å². The fourth-order valence-corrected chi connectivity index (χ4v) is 1.68. The highest BCUT2D eigenvalue weighted by molar-refractivity contribution is 6.02. The zero-order chi connectivity index (χ0) is 16.7. The van der Waals surface area contributed by atoms with Gasteiger partial charge in [0, 0.05) is 18.5 Å². The van der Waals surface area contributed by atoms with Gasteiger partial charge in [0.2, 0.25) is 5.91 Å². The van der Waals surface area contributed by atoms with Crippen molar-refractivity contribution in [2.45, 2.75) is 6.18 Å². The Labute approximate surface area is 130 Å². The molecule has 0 spiro atoms. The first-order chi connectivity index (χ1) is 10.9. The van der Waals surface area contributed by atoms with Gasteiger partial charge < -0.3 is 10.1 Å². The summed E-state index contributed by atoms with van der Waals surface area (Å²) in [6, 6.07) is 9.40. The van der Waals surface area contributed by atoms with Crippen molar-refractivity contribution in [1.82, 2.24) is 4.98 Å². The number of para-hydroxylation sites is 2. The molecule has 1 amide bonds. The summed E-state index contributed by atoms with van der Waals surface area (Å²) in [5, 5.41) is 2.48. The SMILES string of the molecule is O=C(/C=C/c1cccnc1)Nc1ccccc1OCC(F)(F)F. The highest BCUT2D eigenvalue weighted by atomic mass is 19.4. The molecule has 1 aromatic carbocycles. The Kier molecular flexibility index (Phi) is 5.35. The summed E-state index contributed by atoms with van der Waals surface area (Å²) in [5.74, 6) is -0.537. The number of aromatic nitrogens is 1. The minimum atomic E-state index is -4.45. The van der Waals surface area contributed by atoms with Crippen LogP contribution in [0.4, 0.5) is 18.9 Å². The summed E-state index contributed by atoms with van der Waals surface area (Å²) in [6.45, 7) is -1.43. The number of carbonyl (C=O) groups excluding carboxylic acids is 1. The third kappa shape index (κ3) is 5.82. The van der Waals surface area contributed by atoms with E-state index in [1.165, 1.54) is 24.3 Å². The second-order valence-electron chi connectivity index (χ2n) is 4.51. The zero-order valence-corrected chi connectivity index (χ0v) is 11.9. The lowest BCUT2D eigenvalue weighted by molar-refractivity contribution is -0.153. The number of halogens is 3. The second-order valence-corrected chi connectivity index (χ2v) is 4.51. The summed E-state index contributed by atoms with van der Waals surface area (Å²) in [7, 11) is 0. The Morgan fingerprint density at radius 2 is 2.00 bits per heavy atom. The minimum Gasteiger partial charge on any atom is -0.482 e. The largest absolute Gasteiger partial charge is 0.482 e. The van der Waals surface area contributed by atoms with Crippen LogP contribution < -0.4 is 10.1 Å². The molecule has 1 aromatic heterocycles. The van der Waals surface area contributed by atoms with Gasteiger partial charge in [0.1, 0.15) is 5.75 Å². The first-order valence-corrected chi connectivity index (χ1v) is 6.62. The van der Waals surface area contributed by atoms with Gasteiger partial charge in [-0.3, -0.25) is 9.78 Å². The predicted octanol–water partition coefficient (Wildman–Crippen LogP) is 3.67. The summed E-state index contributed by atoms with van der Waals surface area (Å²) in [6.07, 6.45) is 1.53. The normalized spacial score (nSPS) is 11.4. The Morgan fingerprint density at radius 1 is 1.22 bits per heavy atom. The maximum absolute atomic E-state index is 12.2. The number of hydrogen-bond donors (Lipinski definition) is 1. The fraction of sp³-hybridized carbons (Fsp3) is 0.125. The lowest BCUT2D eigenvalue weighted by atomic mass is 10.2. The Bertz CT molecular complexity index is 685. The molecule has 0 radical (unpaired) electrons. The highest BCUT2D eigenvalue weighted by Crippen LogP contribution is 2.26. The lowest BCUT2D eigenvalue weighted by Crippen LogP contribution is -2.20. The topological polar surface area (TPSA) is 51.2 Å². The van der Waals surface area contributed by atoms with E-state index in [1.807, 2.05) is 0 Å². The maximum Gasteiger partial charge on any atom is 0.422 e. The highest BCUT2D eigenvalue weighted by Gasteiger charge is 2.28. The van der Waals surface area contributed by atoms with Gasteiger partial charge >= 0.3 is 6.18 Å². The first kappa shape index (κ1) is 16.5. The molecular weight excluding hydrogens is 309 g/mol. The van der Waals surface area contributed by atoms with E-state index < -0.39 is 18.7 Å². The second kappa shape index (κ2) is 7.44. The van der Waals surface area contributed by atoms with Gasteiger partial charge in [0.05, 0.1) is 5.69 Å². The summed E-state index contributed by atoms with van der Waals surface area (Å²) in [5.41, 5.74) is 0.891. The quantitative estimate of drug-likeness (QED) is 0.855. The van der Waals surface area contributed by atoms with E-state index in [9.17, 15) is 18.0 Å². The molecule has 0 unspecified atom stereocenters. The van der Waals surface area contributed by atoms with E-state index in [2.05, 4.69) is 10.3 Å². The van der Waals surface area contributed by atoms with Crippen molar-refractivity contribution in [2.24, 2.45) is 0 Å². The van der Waals surface area contributed by atoms with Crippen molar-refractivity contribution in [3.63, 3.8) is 0 Å². The molecule has 0 aliphatic carbocycles. The van der Waals surface area contributed by atoms with Gasteiger partial charge in [0.15, 0.2) is 6.61 Å². The number of alkyl halides is 3. The summed E-state index contributed by atoms with van der Waals surface area (Å²) < 4.78 is 41.3. The minimum absolute atomic E-state index is 0.0482. The molecule has 0 fully saturated rings. The fourth-order valence-electron chi connectivity index (χ4n) is 1.68. The number of nitrogens with one attached hydrogen (secondary N) is 1. The number of nitrogens with zero attached hydrogens (tertiary/aromatic N) is 1. The van der Waals surface area contributed by atoms with Gasteiger partial charge in [-0.25, -0.2) is 0 Å². The molecular formula is C16H13F3N2O2. The van der Waals surface area contributed by atoms with E-state index in [0.29, 0.717) is 0 Å². The van der Waals surface area contributed by atoms with Crippen molar-refractivity contribution in [1.29, 1.82) is 0 Å². The molecule has 0 aliphatic heterocycles. The van der Waals surface area contributed by atoms with Crippen molar-refractivity contribution in [3.05, 3.63) is 60.4 Å². The predicted molar refractivity (Wildman–Crippen MR) is 79.9 cm³/mol. The molecule has 0 bridgehead atoms. The van der Waals surface area contributed by atoms with Crippen LogP contribution in [-0.2, 0) is 4.79 Å². The van der Waals surface area contributed by atoms with E-state index in [4.69, 9.17) is 4.74 Å². The van der Waals surface area contributed by atoms with Crippen LogP contribution in [0.25, 0.3) is 6.08 Å². The Hall–Kier alpha value is -2.83. The van der Waals surface area contributed by atoms with Gasteiger partial charge in [-0.05, 0) is 29.8 Å². The molecule has 0 aliphatic rings. The van der Waals surface area contributed by atoms with E-state index in [-0.39, 0.29) is 11.4 Å². The molecule has 120 valence electrons. The number of benzene rings is 1. The molecule has 2 rings (SSSR count). The molecule has 0 saturated heterocycles. The number of rotatable bonds is 5. The van der Waals surface area contributed by atoms with E-state index in [1.54, 1.807) is 36.7 Å². The monoisotopic (exact) mass is 322 g/mol. The molecule has 7 heteroatoms. The third-order valence-corrected chi connectivity index (χ3v) is 2.65. The number of ether oxygens (including phenoxy) is 1. The number of hydrogen-bond acceptors (Lipinski definition) is 3. The molecule has 0 atom stereocenters. The van der Waals surface area contributed by atoms with Crippen LogP contribution in [0.3, 0.4) is 0 Å². The van der Waals surface area contributed by atoms with Crippen molar-refractivity contribution in [2.75, 3.05) is 11.9 Å². The first-order valence-electron chi connectivity index (χ1n) is 6.62. The number of carbonyl (C=O) groups is 1. The Morgan fingerprint density at radius 3 is 2.70 bits per heavy atom. The summed E-state index contributed by atoms with van der Waals surface area (Å²) >= 11 is 0. The van der Waals surface area contributed by atoms with Gasteiger partial charge in [0.25, 0.3) is 0 Å². The lowest BCUT2D eigenvalue weighted by Gasteiger charge is -2.13. The van der Waals surface area contributed by atoms with Crippen LogP contribution in [-0.4, -0.2) is 23.7 Å². The molecule has 23 heavy (non-hydrogen) atoms. The maximum atomic E-state index is 12.2. The van der Waals surface area contributed by atoms with E-state index in [0.717, 1.165) is 5.56 Å². The van der Waals surface area contributed by atoms with E-state index >= 15 is 0 Å². The van der Waals surface area contributed by atoms with Crippen LogP contribution in [0.1, 0.15) is 5.56 Å². The molecule has 1 heterocycles. The Balaban J connectivity index is 2.02. The van der Waals surface area contributed by atoms with Crippen LogP contribution in [0, 0.1) is 0 Å². The smallest absolute Gasteiger partial charge is 0.422 e. The summed E-state index contributed by atoms with van der Waals surface area (Å²) in [4.78, 5) is 15.7. The average molecular weight is 322 g/mol. The number of anilines is 1. The van der Waals surface area contributed by atoms with Crippen LogP contribution in [0.15, 0.2) is 54.9 Å². The van der Waals surface area contributed by atoms with Gasteiger partial charge in [-0.1, -0.05) is 18.2 Å². The van der Waals surface area contributed by atoms with Gasteiger partial charge in [-0.2, -0.15) is 13.2 Å². The van der Waals surface area contributed by atoms with Crippen LogP contribution in [0.5, 0.6) is 5.75 Å².